The minimum atomic E-state index is -0.0970. The van der Waals surface area contributed by atoms with Crippen LogP contribution >= 0.6 is 46.3 Å². The molecule has 0 amide bonds. The summed E-state index contributed by atoms with van der Waals surface area (Å²) in [6, 6.07) is 4.83. The van der Waals surface area contributed by atoms with Crippen LogP contribution in [-0.2, 0) is 19.4 Å². The number of rotatable bonds is 6. The van der Waals surface area contributed by atoms with Gasteiger partial charge in [-0.25, -0.2) is 4.98 Å². The molecule has 0 saturated carbocycles. The fourth-order valence-corrected chi connectivity index (χ4v) is 6.12. The van der Waals surface area contributed by atoms with E-state index in [-0.39, 0.29) is 17.1 Å². The van der Waals surface area contributed by atoms with Crippen molar-refractivity contribution in [3.8, 4) is 0 Å². The molecule has 0 radical (unpaired) electrons. The lowest BCUT2D eigenvalue weighted by Gasteiger charge is -2.13. The summed E-state index contributed by atoms with van der Waals surface area (Å²) in [6.45, 7) is 6.23. The molecule has 2 aromatic heterocycles. The van der Waals surface area contributed by atoms with Gasteiger partial charge in [0, 0.05) is 17.0 Å². The van der Waals surface area contributed by atoms with Crippen molar-refractivity contribution in [1.29, 1.82) is 0 Å². The molecule has 1 aliphatic carbocycles. The highest BCUT2D eigenvalue weighted by molar-refractivity contribution is 7.99. The van der Waals surface area contributed by atoms with Crippen LogP contribution in [0.3, 0.4) is 0 Å². The summed E-state index contributed by atoms with van der Waals surface area (Å²) in [4.78, 5) is 32.9. The van der Waals surface area contributed by atoms with E-state index in [1.54, 1.807) is 34.1 Å². The largest absolute Gasteiger partial charge is 0.293 e. The number of hydrogen-bond acceptors (Lipinski definition) is 5. The molecule has 1 aliphatic rings. The highest BCUT2D eigenvalue weighted by Gasteiger charge is 2.22. The van der Waals surface area contributed by atoms with Gasteiger partial charge < -0.3 is 0 Å². The number of aryl methyl sites for hydroxylation is 2. The van der Waals surface area contributed by atoms with Crippen LogP contribution in [0.1, 0.15) is 40.6 Å². The van der Waals surface area contributed by atoms with E-state index in [0.29, 0.717) is 27.3 Å². The van der Waals surface area contributed by atoms with Gasteiger partial charge in [0.2, 0.25) is 0 Å². The van der Waals surface area contributed by atoms with Crippen LogP contribution in [0, 0.1) is 0 Å². The predicted octanol–water partition coefficient (Wildman–Crippen LogP) is 6.19. The topological polar surface area (TPSA) is 52.0 Å². The van der Waals surface area contributed by atoms with Crippen molar-refractivity contribution in [1.82, 2.24) is 9.55 Å². The average Bonchev–Trinajstić information content (AvgIpc) is 3.08. The van der Waals surface area contributed by atoms with E-state index in [9.17, 15) is 9.59 Å². The third-order valence-electron chi connectivity index (χ3n) is 5.04. The standard InChI is InChI=1S/C22H20Cl2N2O2S2/c1-12(2)10-26-21(28)19-14-5-3-4-6-18(14)30-20(19)25-22(26)29-11-17(27)13-7-8-15(23)16(24)9-13/h7-9H,1,3-6,10-11H2,2H3. The van der Waals surface area contributed by atoms with Crippen molar-refractivity contribution in [2.45, 2.75) is 44.3 Å². The lowest BCUT2D eigenvalue weighted by molar-refractivity contribution is 0.102. The number of thiophene rings is 1. The van der Waals surface area contributed by atoms with Gasteiger partial charge in [0.1, 0.15) is 4.83 Å². The van der Waals surface area contributed by atoms with Gasteiger partial charge in [-0.1, -0.05) is 47.1 Å². The SMILES string of the molecule is C=C(C)Cn1c(SCC(=O)c2ccc(Cl)c(Cl)c2)nc2sc3c(c2c1=O)CCCC3. The lowest BCUT2D eigenvalue weighted by Crippen LogP contribution is -2.24. The Morgan fingerprint density at radius 1 is 1.27 bits per heavy atom. The molecule has 156 valence electrons. The maximum absolute atomic E-state index is 13.4. The molecular weight excluding hydrogens is 459 g/mol. The van der Waals surface area contributed by atoms with Crippen LogP contribution in [-0.4, -0.2) is 21.1 Å². The van der Waals surface area contributed by atoms with Crippen LogP contribution in [0.25, 0.3) is 10.2 Å². The maximum Gasteiger partial charge on any atom is 0.263 e. The zero-order valence-corrected chi connectivity index (χ0v) is 19.6. The first-order valence-corrected chi connectivity index (χ1v) is 12.2. The van der Waals surface area contributed by atoms with Crippen LogP contribution in [0.5, 0.6) is 0 Å². The molecule has 0 saturated heterocycles. The van der Waals surface area contributed by atoms with Crippen LogP contribution in [0.15, 0.2) is 40.3 Å². The van der Waals surface area contributed by atoms with E-state index >= 15 is 0 Å². The van der Waals surface area contributed by atoms with E-state index in [2.05, 4.69) is 6.58 Å². The number of carbonyl (C=O) groups is 1. The Morgan fingerprint density at radius 3 is 2.77 bits per heavy atom. The van der Waals surface area contributed by atoms with E-state index in [4.69, 9.17) is 28.2 Å². The highest BCUT2D eigenvalue weighted by atomic mass is 35.5. The molecule has 4 nitrogen and oxygen atoms in total. The number of nitrogens with zero attached hydrogens (tertiary/aromatic N) is 2. The van der Waals surface area contributed by atoms with Gasteiger partial charge in [0.05, 0.1) is 21.2 Å². The molecule has 0 bridgehead atoms. The third-order valence-corrected chi connectivity index (χ3v) is 7.94. The molecule has 0 atom stereocenters. The molecule has 30 heavy (non-hydrogen) atoms. The summed E-state index contributed by atoms with van der Waals surface area (Å²) in [5.74, 6) is 0.0530. The van der Waals surface area contributed by atoms with Gasteiger partial charge in [-0.2, -0.15) is 0 Å². The average molecular weight is 479 g/mol. The van der Waals surface area contributed by atoms with E-state index in [1.807, 2.05) is 6.92 Å². The number of allylic oxidation sites excluding steroid dienone is 1. The second kappa shape index (κ2) is 8.87. The molecule has 0 fully saturated rings. The molecule has 4 rings (SSSR count). The van der Waals surface area contributed by atoms with Gasteiger partial charge in [-0.15, -0.1) is 11.3 Å². The summed E-state index contributed by atoms with van der Waals surface area (Å²) >= 11 is 14.9. The minimum absolute atomic E-state index is 0.0353. The van der Waals surface area contributed by atoms with Crippen molar-refractivity contribution in [3.05, 3.63) is 66.8 Å². The number of aromatic nitrogens is 2. The summed E-state index contributed by atoms with van der Waals surface area (Å²) in [6.07, 6.45) is 4.20. The molecule has 3 aromatic rings. The number of thioether (sulfide) groups is 1. The molecule has 2 heterocycles. The lowest BCUT2D eigenvalue weighted by atomic mass is 9.97. The normalized spacial score (nSPS) is 13.4. The van der Waals surface area contributed by atoms with E-state index in [1.165, 1.54) is 16.6 Å². The molecule has 0 N–H and O–H groups in total. The molecule has 0 aliphatic heterocycles. The fraction of sp³-hybridized carbons (Fsp3) is 0.318. The Kier molecular flexibility index (Phi) is 6.39. The molecule has 8 heteroatoms. The van der Waals surface area contributed by atoms with Crippen molar-refractivity contribution in [3.63, 3.8) is 0 Å². The predicted molar refractivity (Wildman–Crippen MR) is 127 cm³/mol. The fourth-order valence-electron chi connectivity index (χ4n) is 3.62. The number of carbonyl (C=O) groups excluding carboxylic acids is 1. The molecule has 0 spiro atoms. The van der Waals surface area contributed by atoms with Crippen LogP contribution in [0.2, 0.25) is 10.0 Å². The van der Waals surface area contributed by atoms with Crippen molar-refractivity contribution < 1.29 is 4.79 Å². The summed E-state index contributed by atoms with van der Waals surface area (Å²) < 4.78 is 1.65. The quantitative estimate of drug-likeness (QED) is 0.183. The van der Waals surface area contributed by atoms with E-state index in [0.717, 1.165) is 47.0 Å². The second-order valence-electron chi connectivity index (χ2n) is 7.47. The zero-order valence-electron chi connectivity index (χ0n) is 16.5. The van der Waals surface area contributed by atoms with Gasteiger partial charge in [-0.3, -0.25) is 14.2 Å². The van der Waals surface area contributed by atoms with Crippen molar-refractivity contribution >= 4 is 62.3 Å². The Balaban J connectivity index is 1.70. The first-order valence-electron chi connectivity index (χ1n) is 9.65. The number of fused-ring (bicyclic) bond motifs is 3. The molecular formula is C22H20Cl2N2O2S2. The van der Waals surface area contributed by atoms with E-state index < -0.39 is 0 Å². The van der Waals surface area contributed by atoms with Crippen molar-refractivity contribution in [2.24, 2.45) is 0 Å². The number of ketones is 1. The summed E-state index contributed by atoms with van der Waals surface area (Å²) in [7, 11) is 0. The third kappa shape index (κ3) is 4.24. The Labute approximate surface area is 192 Å². The second-order valence-corrected chi connectivity index (χ2v) is 10.3. The highest BCUT2D eigenvalue weighted by Crippen LogP contribution is 2.35. The number of Topliss-reactive ketones (excluding diaryl/α,β-unsaturated/α-hetero) is 1. The number of halogens is 2. The first-order chi connectivity index (χ1) is 14.3. The summed E-state index contributed by atoms with van der Waals surface area (Å²) in [5.41, 5.74) is 2.47. The number of hydrogen-bond donors (Lipinski definition) is 0. The van der Waals surface area contributed by atoms with Crippen LogP contribution < -0.4 is 5.56 Å². The Morgan fingerprint density at radius 2 is 2.03 bits per heavy atom. The minimum Gasteiger partial charge on any atom is -0.293 e. The van der Waals surface area contributed by atoms with Gasteiger partial charge in [0.15, 0.2) is 10.9 Å². The van der Waals surface area contributed by atoms with Gasteiger partial charge in [-0.05, 0) is 56.4 Å². The Bertz CT molecular complexity index is 1230. The monoisotopic (exact) mass is 478 g/mol. The summed E-state index contributed by atoms with van der Waals surface area (Å²) in [5, 5.41) is 2.04. The first kappa shape index (κ1) is 21.6. The van der Waals surface area contributed by atoms with Crippen molar-refractivity contribution in [2.75, 3.05) is 5.75 Å². The van der Waals surface area contributed by atoms with Crippen LogP contribution in [0.4, 0.5) is 0 Å². The van der Waals surface area contributed by atoms with Gasteiger partial charge in [0.25, 0.3) is 5.56 Å². The number of benzene rings is 1. The smallest absolute Gasteiger partial charge is 0.263 e. The Hall–Kier alpha value is -1.60. The van der Waals surface area contributed by atoms with Gasteiger partial charge >= 0.3 is 0 Å². The molecule has 0 unspecified atom stereocenters. The maximum atomic E-state index is 13.4. The molecule has 1 aromatic carbocycles. The zero-order chi connectivity index (χ0) is 21.4.